The average Bonchev–Trinajstić information content (AvgIpc) is 2.86. The van der Waals surface area contributed by atoms with Gasteiger partial charge in [0.2, 0.25) is 0 Å². The van der Waals surface area contributed by atoms with E-state index in [1.165, 1.54) is 6.92 Å². The maximum Gasteiger partial charge on any atom is 0.332 e. The van der Waals surface area contributed by atoms with Crippen molar-refractivity contribution in [1.29, 1.82) is 0 Å². The molecule has 0 radical (unpaired) electrons. The minimum atomic E-state index is -0.468. The molecule has 4 rings (SSSR count). The Labute approximate surface area is 203 Å². The number of rotatable bonds is 7. The van der Waals surface area contributed by atoms with Gasteiger partial charge in [-0.15, -0.1) is 0 Å². The lowest BCUT2D eigenvalue weighted by Gasteiger charge is -2.08. The third-order valence-corrected chi connectivity index (χ3v) is 6.20. The van der Waals surface area contributed by atoms with Gasteiger partial charge >= 0.3 is 5.97 Å². The fourth-order valence-electron chi connectivity index (χ4n) is 3.45. The molecule has 0 spiro atoms. The molecule has 4 aromatic carbocycles. The van der Waals surface area contributed by atoms with Crippen LogP contribution < -0.4 is 0 Å². The standard InChI is InChI=1S/C29H23NO3S/c1-20-8-6-7-11-27(20)29(32)24-14-18-26(19-15-24)34-25-16-12-23(13-17-25)28(30-33-21(2)31)22-9-4-3-5-10-22/h3-19H,1-2H3/b30-28+. The van der Waals surface area contributed by atoms with Gasteiger partial charge in [-0.05, 0) is 48.9 Å². The summed E-state index contributed by atoms with van der Waals surface area (Å²) in [6.45, 7) is 3.27. The Bertz CT molecular complexity index is 1330. The molecule has 0 bridgehead atoms. The molecule has 0 aliphatic carbocycles. The van der Waals surface area contributed by atoms with E-state index in [4.69, 9.17) is 4.84 Å². The molecular formula is C29H23NO3S. The molecule has 0 N–H and O–H groups in total. The number of carbonyl (C=O) groups excluding carboxylic acids is 2. The fraction of sp³-hybridized carbons (Fsp3) is 0.0690. The van der Waals surface area contributed by atoms with Gasteiger partial charge < -0.3 is 4.84 Å². The van der Waals surface area contributed by atoms with Crippen molar-refractivity contribution in [1.82, 2.24) is 0 Å². The minimum absolute atomic E-state index is 0.0273. The van der Waals surface area contributed by atoms with Crippen LogP contribution in [0.5, 0.6) is 0 Å². The van der Waals surface area contributed by atoms with Crippen molar-refractivity contribution >= 4 is 29.2 Å². The summed E-state index contributed by atoms with van der Waals surface area (Å²) in [5.41, 5.74) is 4.66. The van der Waals surface area contributed by atoms with Crippen LogP contribution in [0, 0.1) is 6.92 Å². The summed E-state index contributed by atoms with van der Waals surface area (Å²) in [4.78, 5) is 31.1. The van der Waals surface area contributed by atoms with Crippen LogP contribution in [0.2, 0.25) is 0 Å². The van der Waals surface area contributed by atoms with E-state index in [1.54, 1.807) is 11.8 Å². The Morgan fingerprint density at radius 1 is 0.676 bits per heavy atom. The summed E-state index contributed by atoms with van der Waals surface area (Å²) in [6, 6.07) is 32.8. The van der Waals surface area contributed by atoms with Crippen molar-refractivity contribution in [2.75, 3.05) is 0 Å². The lowest BCUT2D eigenvalue weighted by Crippen LogP contribution is -2.05. The van der Waals surface area contributed by atoms with Gasteiger partial charge in [0.1, 0.15) is 5.71 Å². The highest BCUT2D eigenvalue weighted by molar-refractivity contribution is 7.99. The number of benzene rings is 4. The molecule has 4 aromatic rings. The number of hydrogen-bond acceptors (Lipinski definition) is 5. The predicted octanol–water partition coefficient (Wildman–Crippen LogP) is 6.69. The molecule has 0 amide bonds. The van der Waals surface area contributed by atoms with E-state index in [9.17, 15) is 9.59 Å². The first-order valence-electron chi connectivity index (χ1n) is 10.8. The molecule has 168 valence electrons. The molecular weight excluding hydrogens is 442 g/mol. The molecule has 0 fully saturated rings. The van der Waals surface area contributed by atoms with Crippen LogP contribution >= 0.6 is 11.8 Å². The number of oxime groups is 1. The molecule has 0 aliphatic heterocycles. The summed E-state index contributed by atoms with van der Waals surface area (Å²) in [5.74, 6) is -0.440. The number of carbonyl (C=O) groups is 2. The first-order valence-corrected chi connectivity index (χ1v) is 11.6. The average molecular weight is 466 g/mol. The van der Waals surface area contributed by atoms with E-state index >= 15 is 0 Å². The molecule has 0 saturated heterocycles. The third kappa shape index (κ3) is 5.69. The second kappa shape index (κ2) is 10.8. The van der Waals surface area contributed by atoms with Gasteiger partial charge in [-0.1, -0.05) is 83.6 Å². The highest BCUT2D eigenvalue weighted by Crippen LogP contribution is 2.29. The van der Waals surface area contributed by atoms with Crippen molar-refractivity contribution in [2.45, 2.75) is 23.6 Å². The Morgan fingerprint density at radius 3 is 1.79 bits per heavy atom. The van der Waals surface area contributed by atoms with E-state index in [1.807, 2.05) is 110 Å². The molecule has 0 saturated carbocycles. The maximum absolute atomic E-state index is 12.8. The van der Waals surface area contributed by atoms with E-state index < -0.39 is 5.97 Å². The zero-order valence-electron chi connectivity index (χ0n) is 18.9. The lowest BCUT2D eigenvalue weighted by atomic mass is 9.99. The Hall–Kier alpha value is -3.96. The van der Waals surface area contributed by atoms with E-state index in [-0.39, 0.29) is 5.78 Å². The first-order chi connectivity index (χ1) is 16.5. The molecule has 5 heteroatoms. The van der Waals surface area contributed by atoms with Gasteiger partial charge in [0, 0.05) is 39.0 Å². The van der Waals surface area contributed by atoms with Crippen molar-refractivity contribution < 1.29 is 14.4 Å². The lowest BCUT2D eigenvalue weighted by molar-refractivity contribution is -0.140. The highest BCUT2D eigenvalue weighted by Gasteiger charge is 2.12. The van der Waals surface area contributed by atoms with Gasteiger partial charge in [-0.2, -0.15) is 0 Å². The van der Waals surface area contributed by atoms with Gasteiger partial charge in [0.15, 0.2) is 5.78 Å². The van der Waals surface area contributed by atoms with Crippen molar-refractivity contribution in [3.8, 4) is 0 Å². The van der Waals surface area contributed by atoms with E-state index in [0.717, 1.165) is 32.0 Å². The minimum Gasteiger partial charge on any atom is -0.318 e. The molecule has 4 nitrogen and oxygen atoms in total. The Balaban J connectivity index is 1.50. The van der Waals surface area contributed by atoms with E-state index in [0.29, 0.717) is 11.3 Å². The summed E-state index contributed by atoms with van der Waals surface area (Å²) < 4.78 is 0. The van der Waals surface area contributed by atoms with Crippen LogP contribution in [0.1, 0.15) is 39.5 Å². The third-order valence-electron chi connectivity index (χ3n) is 5.18. The van der Waals surface area contributed by atoms with Crippen molar-refractivity contribution in [3.63, 3.8) is 0 Å². The van der Waals surface area contributed by atoms with Crippen LogP contribution in [0.15, 0.2) is 118 Å². The molecule has 0 atom stereocenters. The second-order valence-electron chi connectivity index (χ2n) is 7.68. The summed E-state index contributed by atoms with van der Waals surface area (Å²) in [6.07, 6.45) is 0. The molecule has 0 aliphatic rings. The Morgan fingerprint density at radius 2 is 1.21 bits per heavy atom. The molecule has 34 heavy (non-hydrogen) atoms. The second-order valence-corrected chi connectivity index (χ2v) is 8.83. The smallest absolute Gasteiger partial charge is 0.318 e. The quantitative estimate of drug-likeness (QED) is 0.132. The SMILES string of the molecule is CC(=O)O/N=C(\c1ccccc1)c1ccc(Sc2ccc(C(=O)c3ccccc3C)cc2)cc1. The van der Waals surface area contributed by atoms with Gasteiger partial charge in [-0.25, -0.2) is 4.79 Å². The van der Waals surface area contributed by atoms with Crippen LogP contribution in [-0.2, 0) is 9.63 Å². The van der Waals surface area contributed by atoms with Crippen molar-refractivity contribution in [2.24, 2.45) is 5.16 Å². The maximum atomic E-state index is 12.8. The Kier molecular flexibility index (Phi) is 7.35. The molecule has 0 heterocycles. The summed E-state index contributed by atoms with van der Waals surface area (Å²) >= 11 is 1.60. The van der Waals surface area contributed by atoms with Gasteiger partial charge in [0.05, 0.1) is 0 Å². The van der Waals surface area contributed by atoms with Crippen molar-refractivity contribution in [3.05, 3.63) is 131 Å². The number of aryl methyl sites for hydroxylation is 1. The number of ketones is 1. The van der Waals surface area contributed by atoms with Crippen LogP contribution in [0.4, 0.5) is 0 Å². The largest absolute Gasteiger partial charge is 0.332 e. The zero-order valence-corrected chi connectivity index (χ0v) is 19.7. The van der Waals surface area contributed by atoms with Crippen LogP contribution in [-0.4, -0.2) is 17.5 Å². The fourth-order valence-corrected chi connectivity index (χ4v) is 4.27. The predicted molar refractivity (Wildman–Crippen MR) is 135 cm³/mol. The van der Waals surface area contributed by atoms with Gasteiger partial charge in [0.25, 0.3) is 0 Å². The molecule has 0 unspecified atom stereocenters. The monoisotopic (exact) mass is 465 g/mol. The number of nitrogens with zero attached hydrogens (tertiary/aromatic N) is 1. The summed E-state index contributed by atoms with van der Waals surface area (Å²) in [7, 11) is 0. The summed E-state index contributed by atoms with van der Waals surface area (Å²) in [5, 5.41) is 4.06. The normalized spacial score (nSPS) is 11.2. The van der Waals surface area contributed by atoms with Crippen LogP contribution in [0.3, 0.4) is 0 Å². The first kappa shape index (κ1) is 23.2. The van der Waals surface area contributed by atoms with Crippen LogP contribution in [0.25, 0.3) is 0 Å². The zero-order chi connectivity index (χ0) is 23.9. The van der Waals surface area contributed by atoms with E-state index in [2.05, 4.69) is 5.16 Å². The topological polar surface area (TPSA) is 55.7 Å². The molecule has 0 aromatic heterocycles. The number of hydrogen-bond donors (Lipinski definition) is 0. The van der Waals surface area contributed by atoms with Gasteiger partial charge in [-0.3, -0.25) is 4.79 Å². The highest BCUT2D eigenvalue weighted by atomic mass is 32.2.